The van der Waals surface area contributed by atoms with Crippen LogP contribution in [0, 0.1) is 0 Å². The Labute approximate surface area is 167 Å². The number of benzene rings is 1. The summed E-state index contributed by atoms with van der Waals surface area (Å²) in [6.45, 7) is 0.788. The van der Waals surface area contributed by atoms with Gasteiger partial charge in [0.15, 0.2) is 5.65 Å². The van der Waals surface area contributed by atoms with Crippen LogP contribution in [0.2, 0.25) is 0 Å². The van der Waals surface area contributed by atoms with Gasteiger partial charge in [-0.3, -0.25) is 9.48 Å². The Balaban J connectivity index is 1.39. The molecule has 0 aliphatic rings. The van der Waals surface area contributed by atoms with Crippen molar-refractivity contribution in [2.24, 2.45) is 0 Å². The highest BCUT2D eigenvalue weighted by Gasteiger charge is 2.09. The Hall–Kier alpha value is -3.72. The number of nitrogens with one attached hydrogen (secondary N) is 1. The lowest BCUT2D eigenvalue weighted by Gasteiger charge is -2.07. The number of ether oxygens (including phenoxy) is 1. The van der Waals surface area contributed by atoms with Gasteiger partial charge in [-0.15, -0.1) is 5.10 Å². The molecule has 0 saturated heterocycles. The highest BCUT2D eigenvalue weighted by atomic mass is 16.5. The maximum atomic E-state index is 12.3. The lowest BCUT2D eigenvalue weighted by atomic mass is 10.1. The summed E-state index contributed by atoms with van der Waals surface area (Å²) in [5, 5.41) is 11.2. The van der Waals surface area contributed by atoms with Crippen LogP contribution in [0.3, 0.4) is 0 Å². The van der Waals surface area contributed by atoms with E-state index < -0.39 is 0 Å². The molecule has 0 bridgehead atoms. The van der Waals surface area contributed by atoms with E-state index in [1.54, 1.807) is 28.7 Å². The summed E-state index contributed by atoms with van der Waals surface area (Å²) in [6, 6.07) is 11.5. The summed E-state index contributed by atoms with van der Waals surface area (Å²) in [7, 11) is 1.68. The molecular weight excluding hydrogens is 370 g/mol. The predicted octanol–water partition coefficient (Wildman–Crippen LogP) is 2.00. The number of hydrogen-bond acceptors (Lipinski definition) is 6. The van der Waals surface area contributed by atoms with E-state index in [9.17, 15) is 4.79 Å². The molecule has 0 fully saturated rings. The van der Waals surface area contributed by atoms with Crippen molar-refractivity contribution in [3.8, 4) is 11.1 Å². The first-order valence-electron chi connectivity index (χ1n) is 9.13. The standard InChI is InChI=1S/C20H21N7O2/c1-29-9-7-14-2-4-17(5-3-14)23-19(28)13-26-12-16(11-22-26)15-6-8-27-18(10-15)24-20(21)25-27/h2-6,8,10-12H,7,9,13H2,1H3,(H2,21,25)(H,23,28). The molecule has 0 aliphatic carbocycles. The van der Waals surface area contributed by atoms with Gasteiger partial charge in [-0.05, 0) is 41.8 Å². The monoisotopic (exact) mass is 391 g/mol. The van der Waals surface area contributed by atoms with Crippen LogP contribution in [-0.2, 0) is 22.5 Å². The van der Waals surface area contributed by atoms with Crippen LogP contribution in [0.1, 0.15) is 5.56 Å². The Morgan fingerprint density at radius 3 is 2.83 bits per heavy atom. The van der Waals surface area contributed by atoms with Gasteiger partial charge in [0, 0.05) is 30.8 Å². The molecule has 4 rings (SSSR count). The molecule has 1 amide bonds. The van der Waals surface area contributed by atoms with E-state index in [1.807, 2.05) is 42.6 Å². The summed E-state index contributed by atoms with van der Waals surface area (Å²) >= 11 is 0. The van der Waals surface area contributed by atoms with Crippen molar-refractivity contribution in [2.45, 2.75) is 13.0 Å². The van der Waals surface area contributed by atoms with Crippen LogP contribution in [0.15, 0.2) is 55.0 Å². The molecule has 0 radical (unpaired) electrons. The molecule has 0 atom stereocenters. The van der Waals surface area contributed by atoms with Gasteiger partial charge in [-0.2, -0.15) is 10.1 Å². The smallest absolute Gasteiger partial charge is 0.246 e. The van der Waals surface area contributed by atoms with Gasteiger partial charge in [0.25, 0.3) is 0 Å². The highest BCUT2D eigenvalue weighted by Crippen LogP contribution is 2.20. The fraction of sp³-hybridized carbons (Fsp3) is 0.200. The number of rotatable bonds is 7. The maximum Gasteiger partial charge on any atom is 0.246 e. The number of nitrogen functional groups attached to an aromatic ring is 1. The zero-order valence-corrected chi connectivity index (χ0v) is 15.9. The van der Waals surface area contributed by atoms with E-state index in [-0.39, 0.29) is 18.4 Å². The van der Waals surface area contributed by atoms with E-state index in [0.717, 1.165) is 28.8 Å². The third-order valence-electron chi connectivity index (χ3n) is 4.46. The Morgan fingerprint density at radius 1 is 1.21 bits per heavy atom. The lowest BCUT2D eigenvalue weighted by molar-refractivity contribution is -0.116. The highest BCUT2D eigenvalue weighted by molar-refractivity contribution is 5.90. The molecule has 3 heterocycles. The second-order valence-electron chi connectivity index (χ2n) is 6.60. The van der Waals surface area contributed by atoms with Gasteiger partial charge in [-0.25, -0.2) is 4.52 Å². The van der Waals surface area contributed by atoms with Crippen LogP contribution in [0.5, 0.6) is 0 Å². The van der Waals surface area contributed by atoms with E-state index in [4.69, 9.17) is 10.5 Å². The zero-order valence-electron chi connectivity index (χ0n) is 15.9. The lowest BCUT2D eigenvalue weighted by Crippen LogP contribution is -2.18. The molecule has 9 nitrogen and oxygen atoms in total. The van der Waals surface area contributed by atoms with Crippen molar-refractivity contribution in [2.75, 3.05) is 24.8 Å². The van der Waals surface area contributed by atoms with Gasteiger partial charge >= 0.3 is 0 Å². The normalized spacial score (nSPS) is 11.1. The number of carbonyl (C=O) groups is 1. The number of methoxy groups -OCH3 is 1. The van der Waals surface area contributed by atoms with Crippen LogP contribution < -0.4 is 11.1 Å². The average molecular weight is 391 g/mol. The molecule has 0 aliphatic heterocycles. The number of nitrogens with two attached hydrogens (primary N) is 1. The van der Waals surface area contributed by atoms with E-state index in [2.05, 4.69) is 20.5 Å². The third kappa shape index (κ3) is 4.41. The topological polar surface area (TPSA) is 112 Å². The number of nitrogens with zero attached hydrogens (tertiary/aromatic N) is 5. The van der Waals surface area contributed by atoms with Crippen molar-refractivity contribution in [1.29, 1.82) is 0 Å². The third-order valence-corrected chi connectivity index (χ3v) is 4.46. The summed E-state index contributed by atoms with van der Waals surface area (Å²) in [4.78, 5) is 16.5. The molecule has 4 aromatic rings. The summed E-state index contributed by atoms with van der Waals surface area (Å²) in [6.07, 6.45) is 6.16. The Morgan fingerprint density at radius 2 is 2.03 bits per heavy atom. The van der Waals surface area contributed by atoms with Gasteiger partial charge in [0.05, 0.1) is 12.8 Å². The zero-order chi connectivity index (χ0) is 20.2. The van der Waals surface area contributed by atoms with Crippen molar-refractivity contribution in [1.82, 2.24) is 24.4 Å². The average Bonchev–Trinajstić information content (AvgIpc) is 3.32. The first-order valence-corrected chi connectivity index (χ1v) is 9.13. The minimum absolute atomic E-state index is 0.117. The molecule has 3 N–H and O–H groups in total. The SMILES string of the molecule is COCCc1ccc(NC(=O)Cn2cc(-c3ccn4nc(N)nc4c3)cn2)cc1. The van der Waals surface area contributed by atoms with Crippen LogP contribution in [0.25, 0.3) is 16.8 Å². The van der Waals surface area contributed by atoms with Gasteiger partial charge in [-0.1, -0.05) is 12.1 Å². The molecule has 0 unspecified atom stereocenters. The van der Waals surface area contributed by atoms with Crippen molar-refractivity contribution >= 4 is 23.2 Å². The summed E-state index contributed by atoms with van der Waals surface area (Å²) < 4.78 is 8.28. The quantitative estimate of drug-likeness (QED) is 0.498. The molecule has 29 heavy (non-hydrogen) atoms. The summed E-state index contributed by atoms with van der Waals surface area (Å²) in [5.74, 6) is 0.0752. The first-order chi connectivity index (χ1) is 14.1. The minimum atomic E-state index is -0.148. The second kappa shape index (κ2) is 8.11. The number of carbonyl (C=O) groups excluding carboxylic acids is 1. The van der Waals surface area contributed by atoms with Crippen LogP contribution in [-0.4, -0.2) is 44.0 Å². The van der Waals surface area contributed by atoms with Crippen molar-refractivity contribution in [3.63, 3.8) is 0 Å². The van der Waals surface area contributed by atoms with Crippen molar-refractivity contribution in [3.05, 3.63) is 60.6 Å². The van der Waals surface area contributed by atoms with E-state index in [1.165, 1.54) is 0 Å². The van der Waals surface area contributed by atoms with Crippen LogP contribution >= 0.6 is 0 Å². The number of hydrogen-bond donors (Lipinski definition) is 2. The molecule has 148 valence electrons. The second-order valence-corrected chi connectivity index (χ2v) is 6.60. The molecular formula is C20H21N7O2. The minimum Gasteiger partial charge on any atom is -0.384 e. The molecule has 1 aromatic carbocycles. The van der Waals surface area contributed by atoms with Crippen LogP contribution in [0.4, 0.5) is 11.6 Å². The first kappa shape index (κ1) is 18.6. The van der Waals surface area contributed by atoms with Gasteiger partial charge in [0.1, 0.15) is 6.54 Å². The van der Waals surface area contributed by atoms with Gasteiger partial charge in [0.2, 0.25) is 11.9 Å². The largest absolute Gasteiger partial charge is 0.384 e. The Bertz CT molecular complexity index is 1130. The fourth-order valence-corrected chi connectivity index (χ4v) is 3.00. The molecule has 3 aromatic heterocycles. The Kier molecular flexibility index (Phi) is 5.21. The maximum absolute atomic E-state index is 12.3. The number of pyridine rings is 1. The van der Waals surface area contributed by atoms with Crippen molar-refractivity contribution < 1.29 is 9.53 Å². The van der Waals surface area contributed by atoms with E-state index in [0.29, 0.717) is 12.3 Å². The number of fused-ring (bicyclic) bond motifs is 1. The molecule has 0 spiro atoms. The van der Waals surface area contributed by atoms with E-state index >= 15 is 0 Å². The summed E-state index contributed by atoms with van der Waals surface area (Å²) in [5.41, 5.74) is 9.98. The number of amides is 1. The number of anilines is 2. The fourth-order valence-electron chi connectivity index (χ4n) is 3.00. The predicted molar refractivity (Wildman–Crippen MR) is 109 cm³/mol. The molecule has 9 heteroatoms. The number of aromatic nitrogens is 5. The van der Waals surface area contributed by atoms with Gasteiger partial charge < -0.3 is 15.8 Å². The molecule has 0 saturated carbocycles.